The minimum Gasteiger partial charge on any atom is -0.480 e. The molecule has 0 aliphatic rings. The maximum atomic E-state index is 11.1. The largest absolute Gasteiger partial charge is 1.00 e. The average molecular weight is 267 g/mol. The van der Waals surface area contributed by atoms with Gasteiger partial charge in [-0.15, -0.1) is 0 Å². The van der Waals surface area contributed by atoms with Crippen molar-refractivity contribution >= 4 is 17.8 Å². The Labute approximate surface area is 127 Å². The number of carboxylic acids is 1. The van der Waals surface area contributed by atoms with Gasteiger partial charge in [0.25, 0.3) is 0 Å². The van der Waals surface area contributed by atoms with E-state index in [2.05, 4.69) is 15.4 Å². The number of aliphatic carboxylic acids is 1. The van der Waals surface area contributed by atoms with Gasteiger partial charge in [0.15, 0.2) is 0 Å². The molecule has 7 nitrogen and oxygen atoms in total. The second-order valence-corrected chi connectivity index (χ2v) is 3.10. The predicted molar refractivity (Wildman–Crippen MR) is 59.0 cm³/mol. The van der Waals surface area contributed by atoms with Gasteiger partial charge in [0.1, 0.15) is 6.54 Å². The van der Waals surface area contributed by atoms with E-state index >= 15 is 0 Å². The fraction of sp³-hybridized carbons (Fsp3) is 0.500. The van der Waals surface area contributed by atoms with Crippen LogP contribution in [0.2, 0.25) is 0 Å². The van der Waals surface area contributed by atoms with Gasteiger partial charge in [0.2, 0.25) is 5.91 Å². The quantitative estimate of drug-likeness (QED) is 0.249. The SMILES string of the molecule is CCOC(=O)/C=C(\C)NCC(=O)NCC(=O)O.[Na+]. The third-order valence-corrected chi connectivity index (χ3v) is 1.59. The van der Waals surface area contributed by atoms with Gasteiger partial charge in [-0.1, -0.05) is 0 Å². The molecule has 0 saturated heterocycles. The number of ether oxygens (including phenoxy) is 1. The van der Waals surface area contributed by atoms with Crippen LogP contribution in [0.15, 0.2) is 11.8 Å². The summed E-state index contributed by atoms with van der Waals surface area (Å²) in [6.07, 6.45) is 1.22. The zero-order chi connectivity index (χ0) is 13.3. The molecule has 0 radical (unpaired) electrons. The van der Waals surface area contributed by atoms with Crippen molar-refractivity contribution in [2.75, 3.05) is 19.7 Å². The Morgan fingerprint density at radius 3 is 2.33 bits per heavy atom. The fourth-order valence-electron chi connectivity index (χ4n) is 0.868. The molecule has 96 valence electrons. The van der Waals surface area contributed by atoms with Crippen molar-refractivity contribution in [3.63, 3.8) is 0 Å². The summed E-state index contributed by atoms with van der Waals surface area (Å²) in [5.74, 6) is -2.08. The second-order valence-electron chi connectivity index (χ2n) is 3.10. The summed E-state index contributed by atoms with van der Waals surface area (Å²) in [5.41, 5.74) is 0.467. The van der Waals surface area contributed by atoms with Crippen molar-refractivity contribution in [1.29, 1.82) is 0 Å². The Hall–Kier alpha value is -1.05. The van der Waals surface area contributed by atoms with Crippen LogP contribution in [0.5, 0.6) is 0 Å². The van der Waals surface area contributed by atoms with Crippen LogP contribution in [0, 0.1) is 0 Å². The molecule has 0 heterocycles. The molecule has 0 aliphatic heterocycles. The summed E-state index contributed by atoms with van der Waals surface area (Å²) >= 11 is 0. The van der Waals surface area contributed by atoms with Crippen LogP contribution >= 0.6 is 0 Å². The Bertz CT molecular complexity index is 330. The summed E-state index contributed by atoms with van der Waals surface area (Å²) < 4.78 is 4.66. The Morgan fingerprint density at radius 2 is 1.83 bits per heavy atom. The van der Waals surface area contributed by atoms with Crippen molar-refractivity contribution in [3.8, 4) is 0 Å². The zero-order valence-corrected chi connectivity index (χ0v) is 12.8. The molecule has 18 heavy (non-hydrogen) atoms. The van der Waals surface area contributed by atoms with Crippen LogP contribution in [0.1, 0.15) is 13.8 Å². The molecule has 0 unspecified atom stereocenters. The first-order valence-corrected chi connectivity index (χ1v) is 5.03. The average Bonchev–Trinajstić information content (AvgIpc) is 2.23. The van der Waals surface area contributed by atoms with Crippen molar-refractivity contribution in [3.05, 3.63) is 11.8 Å². The minimum atomic E-state index is -1.11. The number of carboxylic acid groups (broad SMARTS) is 1. The number of carbonyl (C=O) groups is 3. The van der Waals surface area contributed by atoms with Gasteiger partial charge in [-0.25, -0.2) is 4.79 Å². The van der Waals surface area contributed by atoms with Crippen LogP contribution in [-0.2, 0) is 19.1 Å². The molecule has 0 saturated carbocycles. The monoisotopic (exact) mass is 267 g/mol. The van der Waals surface area contributed by atoms with E-state index in [1.807, 2.05) is 0 Å². The van der Waals surface area contributed by atoms with Gasteiger partial charge >= 0.3 is 41.5 Å². The first-order chi connectivity index (χ1) is 7.95. The molecule has 0 fully saturated rings. The zero-order valence-electron chi connectivity index (χ0n) is 10.8. The van der Waals surface area contributed by atoms with Gasteiger partial charge in [-0.05, 0) is 13.8 Å². The number of carbonyl (C=O) groups excluding carboxylic acids is 2. The maximum absolute atomic E-state index is 11.1. The smallest absolute Gasteiger partial charge is 0.480 e. The van der Waals surface area contributed by atoms with E-state index in [0.29, 0.717) is 5.70 Å². The van der Waals surface area contributed by atoms with Gasteiger partial charge < -0.3 is 20.5 Å². The van der Waals surface area contributed by atoms with Gasteiger partial charge in [0, 0.05) is 11.8 Å². The van der Waals surface area contributed by atoms with E-state index < -0.39 is 24.4 Å². The van der Waals surface area contributed by atoms with Crippen LogP contribution in [0.25, 0.3) is 0 Å². The third-order valence-electron chi connectivity index (χ3n) is 1.59. The van der Waals surface area contributed by atoms with Crippen LogP contribution in [0.4, 0.5) is 0 Å². The number of allylic oxidation sites excluding steroid dienone is 1. The Balaban J connectivity index is 0. The van der Waals surface area contributed by atoms with Crippen molar-refractivity contribution < 1.29 is 53.8 Å². The maximum Gasteiger partial charge on any atom is 1.00 e. The first-order valence-electron chi connectivity index (χ1n) is 5.03. The minimum absolute atomic E-state index is 0. The van der Waals surface area contributed by atoms with Gasteiger partial charge in [0.05, 0.1) is 13.2 Å². The molecule has 0 atom stereocenters. The summed E-state index contributed by atoms with van der Waals surface area (Å²) in [6, 6.07) is 0. The predicted octanol–water partition coefficient (Wildman–Crippen LogP) is -3.75. The van der Waals surface area contributed by atoms with Crippen molar-refractivity contribution in [2.45, 2.75) is 13.8 Å². The van der Waals surface area contributed by atoms with E-state index in [9.17, 15) is 14.4 Å². The summed E-state index contributed by atoms with van der Waals surface area (Å²) in [6.45, 7) is 3.03. The molecule has 1 amide bonds. The van der Waals surface area contributed by atoms with E-state index in [0.717, 1.165) is 0 Å². The molecule has 0 bridgehead atoms. The van der Waals surface area contributed by atoms with Gasteiger partial charge in [-0.3, -0.25) is 9.59 Å². The van der Waals surface area contributed by atoms with E-state index in [4.69, 9.17) is 5.11 Å². The van der Waals surface area contributed by atoms with Crippen molar-refractivity contribution in [1.82, 2.24) is 10.6 Å². The third kappa shape index (κ3) is 11.4. The molecule has 0 spiro atoms. The van der Waals surface area contributed by atoms with E-state index in [-0.39, 0.29) is 42.7 Å². The molecule has 0 rings (SSSR count). The number of esters is 1. The number of rotatable bonds is 7. The Morgan fingerprint density at radius 1 is 1.22 bits per heavy atom. The van der Waals surface area contributed by atoms with Gasteiger partial charge in [-0.2, -0.15) is 0 Å². The topological polar surface area (TPSA) is 105 Å². The van der Waals surface area contributed by atoms with Crippen LogP contribution in [0.3, 0.4) is 0 Å². The molecule has 3 N–H and O–H groups in total. The van der Waals surface area contributed by atoms with E-state index in [1.165, 1.54) is 6.08 Å². The number of nitrogens with one attached hydrogen (secondary N) is 2. The molecule has 0 aliphatic carbocycles. The Kier molecular flexibility index (Phi) is 11.9. The normalized spacial score (nSPS) is 10.0. The second kappa shape index (κ2) is 11.1. The first kappa shape index (κ1) is 19.3. The number of hydrogen-bond donors (Lipinski definition) is 3. The molecule has 0 aromatic carbocycles. The molecule has 8 heteroatoms. The number of hydrogen-bond acceptors (Lipinski definition) is 5. The van der Waals surface area contributed by atoms with Crippen LogP contribution < -0.4 is 40.2 Å². The molecular formula is C10H16N2NaO5+. The molecular weight excluding hydrogens is 251 g/mol. The summed E-state index contributed by atoms with van der Waals surface area (Å²) in [5, 5.41) is 13.1. The fourth-order valence-corrected chi connectivity index (χ4v) is 0.868. The standard InChI is InChI=1S/C10H16N2O5.Na/c1-3-17-10(16)4-7(2)11-5-8(13)12-6-9(14)15;/h4,11H,3,5-6H2,1-2H3,(H,12,13)(H,14,15);/q;+1/b7-4+;. The van der Waals surface area contributed by atoms with E-state index in [1.54, 1.807) is 13.8 Å². The molecule has 0 aromatic heterocycles. The number of amides is 1. The van der Waals surface area contributed by atoms with Crippen molar-refractivity contribution in [2.24, 2.45) is 0 Å². The molecule has 0 aromatic rings. The summed E-state index contributed by atoms with van der Waals surface area (Å²) in [4.78, 5) is 32.2. The summed E-state index contributed by atoms with van der Waals surface area (Å²) in [7, 11) is 0. The van der Waals surface area contributed by atoms with Crippen LogP contribution in [-0.4, -0.2) is 42.6 Å².